The molecule has 0 aromatic heterocycles. The van der Waals surface area contributed by atoms with Gasteiger partial charge >= 0.3 is 0 Å². The number of rotatable bonds is 7. The number of hydrogen-bond acceptors (Lipinski definition) is 4. The van der Waals surface area contributed by atoms with E-state index >= 15 is 0 Å². The molecule has 0 aliphatic carbocycles. The molecule has 126 valence electrons. The number of nitrogens with one attached hydrogen (secondary N) is 2. The first kappa shape index (κ1) is 17.4. The van der Waals surface area contributed by atoms with Gasteiger partial charge in [0.2, 0.25) is 0 Å². The maximum absolute atomic E-state index is 13.5. The molecule has 3 N–H and O–H groups in total. The summed E-state index contributed by atoms with van der Waals surface area (Å²) in [5.41, 5.74) is 0.296. The quantitative estimate of drug-likeness (QED) is 0.718. The molecule has 6 nitrogen and oxygen atoms in total. The Balaban J connectivity index is 1.98. The minimum absolute atomic E-state index is 0.0556. The van der Waals surface area contributed by atoms with Crippen molar-refractivity contribution in [1.29, 1.82) is 0 Å². The molecule has 0 saturated heterocycles. The first-order valence-electron chi connectivity index (χ1n) is 7.27. The van der Waals surface area contributed by atoms with Crippen LogP contribution in [-0.2, 0) is 4.79 Å². The van der Waals surface area contributed by atoms with Crippen LogP contribution in [0, 0.1) is 5.82 Å². The summed E-state index contributed by atoms with van der Waals surface area (Å²) in [6.07, 6.45) is 0. The van der Waals surface area contributed by atoms with Crippen LogP contribution in [0.5, 0.6) is 5.75 Å². The molecule has 0 unspecified atom stereocenters. The fourth-order valence-corrected chi connectivity index (χ4v) is 1.94. The number of benzene rings is 2. The molecule has 0 bridgehead atoms. The largest absolute Gasteiger partial charge is 0.483 e. The number of carbonyl (C=O) groups is 2. The Morgan fingerprint density at radius 3 is 2.54 bits per heavy atom. The van der Waals surface area contributed by atoms with Crippen LogP contribution in [0.3, 0.4) is 0 Å². The number of aliphatic hydroxyl groups excluding tert-OH is 1. The molecule has 0 radical (unpaired) electrons. The number of halogens is 1. The predicted molar refractivity (Wildman–Crippen MR) is 86.4 cm³/mol. The number of carbonyl (C=O) groups excluding carboxylic acids is 2. The van der Waals surface area contributed by atoms with E-state index in [1.165, 1.54) is 24.3 Å². The van der Waals surface area contributed by atoms with Crippen LogP contribution in [0.4, 0.5) is 10.1 Å². The van der Waals surface area contributed by atoms with Gasteiger partial charge in [-0.2, -0.15) is 0 Å². The second kappa shape index (κ2) is 8.64. The van der Waals surface area contributed by atoms with E-state index in [4.69, 9.17) is 9.84 Å². The van der Waals surface area contributed by atoms with Crippen molar-refractivity contribution in [3.8, 4) is 5.75 Å². The normalized spacial score (nSPS) is 10.1. The second-order valence-electron chi connectivity index (χ2n) is 4.79. The van der Waals surface area contributed by atoms with Gasteiger partial charge in [-0.15, -0.1) is 0 Å². The summed E-state index contributed by atoms with van der Waals surface area (Å²) in [6.45, 7) is -0.445. The third-order valence-electron chi connectivity index (χ3n) is 3.04. The average Bonchev–Trinajstić information content (AvgIpc) is 2.60. The lowest BCUT2D eigenvalue weighted by molar-refractivity contribution is -0.118. The highest BCUT2D eigenvalue weighted by atomic mass is 19.1. The van der Waals surface area contributed by atoms with Gasteiger partial charge in [0.25, 0.3) is 11.8 Å². The SMILES string of the molecule is O=C(COc1ccccc1C(=O)NCCO)Nc1ccccc1F. The highest BCUT2D eigenvalue weighted by Gasteiger charge is 2.13. The Morgan fingerprint density at radius 2 is 1.79 bits per heavy atom. The van der Waals surface area contributed by atoms with Gasteiger partial charge in [0, 0.05) is 6.54 Å². The Morgan fingerprint density at radius 1 is 1.08 bits per heavy atom. The minimum atomic E-state index is -0.550. The average molecular weight is 332 g/mol. The summed E-state index contributed by atoms with van der Waals surface area (Å²) in [6, 6.07) is 12.2. The fraction of sp³-hybridized carbons (Fsp3) is 0.176. The van der Waals surface area contributed by atoms with E-state index in [0.29, 0.717) is 0 Å². The van der Waals surface area contributed by atoms with E-state index in [0.717, 1.165) is 0 Å². The van der Waals surface area contributed by atoms with Crippen LogP contribution in [0.15, 0.2) is 48.5 Å². The van der Waals surface area contributed by atoms with Gasteiger partial charge in [0.1, 0.15) is 11.6 Å². The molecule has 0 saturated carbocycles. The van der Waals surface area contributed by atoms with E-state index in [9.17, 15) is 14.0 Å². The Hall–Kier alpha value is -2.93. The van der Waals surface area contributed by atoms with Crippen LogP contribution in [0.1, 0.15) is 10.4 Å². The van der Waals surface area contributed by atoms with Gasteiger partial charge in [0.05, 0.1) is 17.9 Å². The van der Waals surface area contributed by atoms with Crippen molar-refractivity contribution in [2.75, 3.05) is 25.1 Å². The van der Waals surface area contributed by atoms with Crippen LogP contribution in [-0.4, -0.2) is 36.7 Å². The van der Waals surface area contributed by atoms with Crippen molar-refractivity contribution in [3.05, 3.63) is 59.9 Å². The standard InChI is InChI=1S/C17H17FN2O4/c18-13-6-2-3-7-14(13)20-16(22)11-24-15-8-4-1-5-12(15)17(23)19-9-10-21/h1-8,21H,9-11H2,(H,19,23)(H,20,22). The van der Waals surface area contributed by atoms with Crippen molar-refractivity contribution in [2.45, 2.75) is 0 Å². The summed E-state index contributed by atoms with van der Waals surface area (Å²) in [5.74, 6) is -1.30. The summed E-state index contributed by atoms with van der Waals surface area (Å²) in [5, 5.41) is 13.6. The molecule has 0 atom stereocenters. The maximum Gasteiger partial charge on any atom is 0.262 e. The van der Waals surface area contributed by atoms with Crippen molar-refractivity contribution < 1.29 is 23.8 Å². The molecule has 2 amide bonds. The number of ether oxygens (including phenoxy) is 1. The van der Waals surface area contributed by atoms with Crippen LogP contribution >= 0.6 is 0 Å². The van der Waals surface area contributed by atoms with E-state index in [1.54, 1.807) is 24.3 Å². The zero-order valence-corrected chi connectivity index (χ0v) is 12.8. The van der Waals surface area contributed by atoms with Gasteiger partial charge in [0.15, 0.2) is 6.61 Å². The topological polar surface area (TPSA) is 87.7 Å². The van der Waals surface area contributed by atoms with Gasteiger partial charge in [-0.1, -0.05) is 24.3 Å². The molecular formula is C17H17FN2O4. The monoisotopic (exact) mass is 332 g/mol. The van der Waals surface area contributed by atoms with Crippen LogP contribution in [0.25, 0.3) is 0 Å². The zero-order valence-electron chi connectivity index (χ0n) is 12.8. The molecule has 0 heterocycles. The number of amides is 2. The number of aliphatic hydroxyl groups is 1. The van der Waals surface area contributed by atoms with Gasteiger partial charge in [-0.25, -0.2) is 4.39 Å². The molecule has 0 aliphatic rings. The molecule has 0 fully saturated rings. The predicted octanol–water partition coefficient (Wildman–Crippen LogP) is 1.57. The van der Waals surface area contributed by atoms with E-state index in [-0.39, 0.29) is 36.8 Å². The van der Waals surface area contributed by atoms with Crippen LogP contribution in [0.2, 0.25) is 0 Å². The Labute approximate surface area is 138 Å². The number of hydrogen-bond donors (Lipinski definition) is 3. The first-order valence-corrected chi connectivity index (χ1v) is 7.27. The number of para-hydroxylation sites is 2. The summed E-state index contributed by atoms with van der Waals surface area (Å²) in [4.78, 5) is 23.8. The third kappa shape index (κ3) is 4.79. The highest BCUT2D eigenvalue weighted by molar-refractivity contribution is 5.97. The lowest BCUT2D eigenvalue weighted by Crippen LogP contribution is -2.27. The van der Waals surface area contributed by atoms with Crippen LogP contribution < -0.4 is 15.4 Å². The summed E-state index contributed by atoms with van der Waals surface area (Å²) < 4.78 is 18.8. The maximum atomic E-state index is 13.5. The highest BCUT2D eigenvalue weighted by Crippen LogP contribution is 2.18. The molecule has 0 aliphatic heterocycles. The molecule has 2 aromatic rings. The number of anilines is 1. The molecule has 0 spiro atoms. The Kier molecular flexibility index (Phi) is 6.27. The van der Waals surface area contributed by atoms with E-state index < -0.39 is 17.6 Å². The molecule has 7 heteroatoms. The summed E-state index contributed by atoms with van der Waals surface area (Å²) in [7, 11) is 0. The van der Waals surface area contributed by atoms with Gasteiger partial charge < -0.3 is 20.5 Å². The molecule has 24 heavy (non-hydrogen) atoms. The molecule has 2 rings (SSSR count). The lowest BCUT2D eigenvalue weighted by atomic mass is 10.2. The fourth-order valence-electron chi connectivity index (χ4n) is 1.94. The van der Waals surface area contributed by atoms with Gasteiger partial charge in [-0.05, 0) is 24.3 Å². The lowest BCUT2D eigenvalue weighted by Gasteiger charge is -2.11. The van der Waals surface area contributed by atoms with Crippen molar-refractivity contribution in [3.63, 3.8) is 0 Å². The Bertz CT molecular complexity index is 721. The summed E-state index contributed by atoms with van der Waals surface area (Å²) >= 11 is 0. The van der Waals surface area contributed by atoms with Crippen molar-refractivity contribution in [1.82, 2.24) is 5.32 Å². The molecule has 2 aromatic carbocycles. The van der Waals surface area contributed by atoms with E-state index in [1.807, 2.05) is 0 Å². The van der Waals surface area contributed by atoms with Crippen molar-refractivity contribution in [2.24, 2.45) is 0 Å². The zero-order chi connectivity index (χ0) is 17.4. The third-order valence-corrected chi connectivity index (χ3v) is 3.04. The smallest absolute Gasteiger partial charge is 0.262 e. The van der Waals surface area contributed by atoms with Gasteiger partial charge in [-0.3, -0.25) is 9.59 Å². The first-order chi connectivity index (χ1) is 11.6. The molecular weight excluding hydrogens is 315 g/mol. The minimum Gasteiger partial charge on any atom is -0.483 e. The van der Waals surface area contributed by atoms with Crippen molar-refractivity contribution >= 4 is 17.5 Å². The van der Waals surface area contributed by atoms with E-state index in [2.05, 4.69) is 10.6 Å². The second-order valence-corrected chi connectivity index (χ2v) is 4.79.